The summed E-state index contributed by atoms with van der Waals surface area (Å²) in [6.45, 7) is 1.75. The van der Waals surface area contributed by atoms with Crippen LogP contribution >= 0.6 is 0 Å². The molecule has 0 spiro atoms. The first kappa shape index (κ1) is 18.1. The minimum absolute atomic E-state index is 0.0467. The van der Waals surface area contributed by atoms with Crippen molar-refractivity contribution in [1.29, 1.82) is 0 Å². The number of carbonyl (C=O) groups excluding carboxylic acids is 1. The highest BCUT2D eigenvalue weighted by Gasteiger charge is 2.20. The quantitative estimate of drug-likeness (QED) is 0.548. The van der Waals surface area contributed by atoms with Crippen LogP contribution in [-0.2, 0) is 0 Å². The number of hydrogen-bond acceptors (Lipinski definition) is 6. The standard InChI is InChI=1S/C17H19N3O5/c1-10(13-9-12(25-3)5-7-16(13)21)19-14-6-4-11(17(22)18-2)8-15(14)20(23)24/h4-10,19,21H,1-3H3,(H,18,22). The first-order chi connectivity index (χ1) is 11.9. The number of nitrogens with one attached hydrogen (secondary N) is 2. The number of hydrogen-bond donors (Lipinski definition) is 3. The van der Waals surface area contributed by atoms with E-state index in [0.717, 1.165) is 0 Å². The lowest BCUT2D eigenvalue weighted by Crippen LogP contribution is -2.18. The zero-order valence-electron chi connectivity index (χ0n) is 14.1. The van der Waals surface area contributed by atoms with E-state index in [4.69, 9.17) is 4.74 Å². The van der Waals surface area contributed by atoms with Crippen molar-refractivity contribution in [1.82, 2.24) is 5.32 Å². The van der Waals surface area contributed by atoms with Crippen LogP contribution in [0.2, 0.25) is 0 Å². The molecule has 132 valence electrons. The van der Waals surface area contributed by atoms with Gasteiger partial charge in [0.1, 0.15) is 17.2 Å². The Morgan fingerprint density at radius 3 is 2.60 bits per heavy atom. The third-order valence-electron chi connectivity index (χ3n) is 3.76. The molecular formula is C17H19N3O5. The maximum Gasteiger partial charge on any atom is 0.293 e. The van der Waals surface area contributed by atoms with Crippen LogP contribution in [0, 0.1) is 10.1 Å². The zero-order valence-corrected chi connectivity index (χ0v) is 14.1. The fraction of sp³-hybridized carbons (Fsp3) is 0.235. The average Bonchev–Trinajstić information content (AvgIpc) is 2.61. The molecule has 8 heteroatoms. The van der Waals surface area contributed by atoms with Crippen molar-refractivity contribution < 1.29 is 19.6 Å². The van der Waals surface area contributed by atoms with Gasteiger partial charge in [-0.2, -0.15) is 0 Å². The number of aromatic hydroxyl groups is 1. The number of nitrogens with zero attached hydrogens (tertiary/aromatic N) is 1. The monoisotopic (exact) mass is 345 g/mol. The first-order valence-electron chi connectivity index (χ1n) is 7.51. The SMILES string of the molecule is CNC(=O)c1ccc(NC(C)c2cc(OC)ccc2O)c([N+](=O)[O-])c1. The van der Waals surface area contributed by atoms with Crippen LogP contribution in [0.25, 0.3) is 0 Å². The van der Waals surface area contributed by atoms with Gasteiger partial charge in [0.2, 0.25) is 0 Å². The topological polar surface area (TPSA) is 114 Å². The van der Waals surface area contributed by atoms with E-state index in [-0.39, 0.29) is 22.7 Å². The van der Waals surface area contributed by atoms with Crippen molar-refractivity contribution in [2.75, 3.05) is 19.5 Å². The summed E-state index contributed by atoms with van der Waals surface area (Å²) >= 11 is 0. The fourth-order valence-electron chi connectivity index (χ4n) is 2.41. The molecule has 0 aliphatic rings. The number of methoxy groups -OCH3 is 1. The van der Waals surface area contributed by atoms with Gasteiger partial charge in [-0.15, -0.1) is 0 Å². The van der Waals surface area contributed by atoms with Gasteiger partial charge in [-0.25, -0.2) is 0 Å². The molecular weight excluding hydrogens is 326 g/mol. The van der Waals surface area contributed by atoms with E-state index in [0.29, 0.717) is 11.3 Å². The van der Waals surface area contributed by atoms with Crippen molar-refractivity contribution in [3.8, 4) is 11.5 Å². The van der Waals surface area contributed by atoms with Gasteiger partial charge in [-0.3, -0.25) is 14.9 Å². The normalized spacial score (nSPS) is 11.5. The summed E-state index contributed by atoms with van der Waals surface area (Å²) < 4.78 is 5.14. The molecule has 0 saturated carbocycles. The second-order valence-electron chi connectivity index (χ2n) is 5.36. The van der Waals surface area contributed by atoms with Crippen molar-refractivity contribution in [3.63, 3.8) is 0 Å². The minimum atomic E-state index is -0.563. The lowest BCUT2D eigenvalue weighted by atomic mass is 10.1. The predicted octanol–water partition coefficient (Wildman–Crippen LogP) is 2.84. The Morgan fingerprint density at radius 2 is 2.00 bits per heavy atom. The van der Waals surface area contributed by atoms with Gasteiger partial charge in [0.15, 0.2) is 0 Å². The van der Waals surface area contributed by atoms with E-state index in [1.54, 1.807) is 19.1 Å². The van der Waals surface area contributed by atoms with E-state index in [1.165, 1.54) is 38.4 Å². The summed E-state index contributed by atoms with van der Waals surface area (Å²) in [6.07, 6.45) is 0. The molecule has 0 aromatic heterocycles. The Kier molecular flexibility index (Phi) is 5.43. The Balaban J connectivity index is 2.36. The van der Waals surface area contributed by atoms with Gasteiger partial charge in [0.05, 0.1) is 18.1 Å². The number of rotatable bonds is 6. The number of carbonyl (C=O) groups is 1. The highest BCUT2D eigenvalue weighted by molar-refractivity contribution is 5.95. The Labute approximate surface area is 144 Å². The van der Waals surface area contributed by atoms with Gasteiger partial charge in [-0.1, -0.05) is 0 Å². The lowest BCUT2D eigenvalue weighted by molar-refractivity contribution is -0.384. The van der Waals surface area contributed by atoms with Crippen LogP contribution in [0.1, 0.15) is 28.9 Å². The number of nitro groups is 1. The number of anilines is 1. The third-order valence-corrected chi connectivity index (χ3v) is 3.76. The molecule has 0 fully saturated rings. The van der Waals surface area contributed by atoms with E-state index >= 15 is 0 Å². The maximum atomic E-state index is 11.7. The lowest BCUT2D eigenvalue weighted by Gasteiger charge is -2.18. The zero-order chi connectivity index (χ0) is 18.6. The number of phenols is 1. The summed E-state index contributed by atoms with van der Waals surface area (Å²) in [6, 6.07) is 8.50. The predicted molar refractivity (Wildman–Crippen MR) is 93.2 cm³/mol. The molecule has 0 saturated heterocycles. The van der Waals surface area contributed by atoms with Crippen LogP contribution in [0.15, 0.2) is 36.4 Å². The van der Waals surface area contributed by atoms with Crippen molar-refractivity contribution in [2.45, 2.75) is 13.0 Å². The molecule has 25 heavy (non-hydrogen) atoms. The highest BCUT2D eigenvalue weighted by atomic mass is 16.6. The Hall–Kier alpha value is -3.29. The Bertz CT molecular complexity index is 807. The third kappa shape index (κ3) is 3.97. The molecule has 2 rings (SSSR count). The average molecular weight is 345 g/mol. The fourth-order valence-corrected chi connectivity index (χ4v) is 2.41. The van der Waals surface area contributed by atoms with Crippen LogP contribution < -0.4 is 15.4 Å². The molecule has 1 unspecified atom stereocenters. The summed E-state index contributed by atoms with van der Waals surface area (Å²) in [5.74, 6) is 0.199. The number of phenolic OH excluding ortho intramolecular Hbond substituents is 1. The van der Waals surface area contributed by atoms with E-state index < -0.39 is 16.9 Å². The molecule has 2 aromatic rings. The summed E-state index contributed by atoms with van der Waals surface area (Å²) in [5, 5.41) is 26.8. The molecule has 1 atom stereocenters. The molecule has 1 amide bonds. The summed E-state index contributed by atoms with van der Waals surface area (Å²) in [4.78, 5) is 22.4. The molecule has 2 aromatic carbocycles. The number of amides is 1. The van der Waals surface area contributed by atoms with Gasteiger partial charge in [0, 0.05) is 24.2 Å². The van der Waals surface area contributed by atoms with Gasteiger partial charge in [-0.05, 0) is 37.3 Å². The number of nitro benzene ring substituents is 1. The van der Waals surface area contributed by atoms with Crippen molar-refractivity contribution in [3.05, 3.63) is 57.6 Å². The molecule has 3 N–H and O–H groups in total. The number of benzene rings is 2. The van der Waals surface area contributed by atoms with Gasteiger partial charge >= 0.3 is 0 Å². The van der Waals surface area contributed by atoms with Crippen molar-refractivity contribution >= 4 is 17.3 Å². The van der Waals surface area contributed by atoms with Crippen LogP contribution in [-0.4, -0.2) is 30.1 Å². The molecule has 0 aliphatic heterocycles. The maximum absolute atomic E-state index is 11.7. The minimum Gasteiger partial charge on any atom is -0.508 e. The van der Waals surface area contributed by atoms with Crippen LogP contribution in [0.4, 0.5) is 11.4 Å². The van der Waals surface area contributed by atoms with Crippen LogP contribution in [0.5, 0.6) is 11.5 Å². The second-order valence-corrected chi connectivity index (χ2v) is 5.36. The number of ether oxygens (including phenoxy) is 1. The van der Waals surface area contributed by atoms with Gasteiger partial charge < -0.3 is 20.5 Å². The molecule has 0 aliphatic carbocycles. The van der Waals surface area contributed by atoms with Gasteiger partial charge in [0.25, 0.3) is 11.6 Å². The largest absolute Gasteiger partial charge is 0.508 e. The summed E-state index contributed by atoms with van der Waals surface area (Å²) in [7, 11) is 2.96. The first-order valence-corrected chi connectivity index (χ1v) is 7.51. The molecule has 0 radical (unpaired) electrons. The molecule has 0 heterocycles. The smallest absolute Gasteiger partial charge is 0.293 e. The van der Waals surface area contributed by atoms with Crippen molar-refractivity contribution in [2.24, 2.45) is 0 Å². The summed E-state index contributed by atoms with van der Waals surface area (Å²) in [5.41, 5.74) is 0.739. The van der Waals surface area contributed by atoms with E-state index in [1.807, 2.05) is 0 Å². The molecule has 8 nitrogen and oxygen atoms in total. The van der Waals surface area contributed by atoms with Crippen LogP contribution in [0.3, 0.4) is 0 Å². The molecule has 0 bridgehead atoms. The second kappa shape index (κ2) is 7.52. The van der Waals surface area contributed by atoms with E-state index in [2.05, 4.69) is 10.6 Å². The van der Waals surface area contributed by atoms with E-state index in [9.17, 15) is 20.0 Å². The Morgan fingerprint density at radius 1 is 1.28 bits per heavy atom. The highest BCUT2D eigenvalue weighted by Crippen LogP contribution is 2.33.